The minimum atomic E-state index is 0.943. The Morgan fingerprint density at radius 2 is 2.07 bits per heavy atom. The lowest BCUT2D eigenvalue weighted by atomic mass is 10.0. The third-order valence-electron chi connectivity index (χ3n) is 2.69. The largest absolute Gasteiger partial charge is 0.376 e. The van der Waals surface area contributed by atoms with E-state index in [-0.39, 0.29) is 0 Å². The molecule has 3 rings (SSSR count). The highest BCUT2D eigenvalue weighted by atomic mass is 15.1. The van der Waals surface area contributed by atoms with Crippen LogP contribution in [-0.2, 0) is 6.54 Å². The van der Waals surface area contributed by atoms with Crippen LogP contribution in [0.25, 0.3) is 17.1 Å². The summed E-state index contributed by atoms with van der Waals surface area (Å²) < 4.78 is 0. The van der Waals surface area contributed by atoms with E-state index in [4.69, 9.17) is 0 Å². The topological polar surface area (TPSA) is 29.0 Å². The lowest BCUT2D eigenvalue weighted by Crippen LogP contribution is -2.14. The minimum Gasteiger partial charge on any atom is -0.376 e. The molecule has 2 heterocycles. The first-order valence-corrected chi connectivity index (χ1v) is 4.95. The number of nitrogens with zero attached hydrogens (tertiary/aromatic N) is 3. The Labute approximate surface area is 88.1 Å². The van der Waals surface area contributed by atoms with Gasteiger partial charge in [-0.25, -0.2) is 0 Å². The summed E-state index contributed by atoms with van der Waals surface area (Å²) in [6.45, 7) is 0.943. The Bertz CT molecular complexity index is 546. The highest BCUT2D eigenvalue weighted by molar-refractivity contribution is 5.86. The molecule has 3 heteroatoms. The van der Waals surface area contributed by atoms with Crippen LogP contribution in [0, 0.1) is 0 Å². The zero-order valence-electron chi connectivity index (χ0n) is 8.51. The van der Waals surface area contributed by atoms with Crippen molar-refractivity contribution in [3.8, 4) is 0 Å². The molecule has 0 saturated carbocycles. The maximum atomic E-state index is 4.39. The van der Waals surface area contributed by atoms with Gasteiger partial charge in [-0.05, 0) is 23.9 Å². The molecule has 15 heavy (non-hydrogen) atoms. The van der Waals surface area contributed by atoms with Crippen LogP contribution in [0.5, 0.6) is 0 Å². The van der Waals surface area contributed by atoms with Gasteiger partial charge in [0.25, 0.3) is 0 Å². The first-order chi connectivity index (χ1) is 7.34. The molecule has 0 aliphatic carbocycles. The van der Waals surface area contributed by atoms with E-state index in [0.29, 0.717) is 0 Å². The van der Waals surface area contributed by atoms with Crippen LogP contribution in [0.4, 0.5) is 0 Å². The van der Waals surface area contributed by atoms with Crippen LogP contribution in [0.1, 0.15) is 11.1 Å². The zero-order valence-corrected chi connectivity index (χ0v) is 8.51. The normalized spacial score (nSPS) is 14.3. The summed E-state index contributed by atoms with van der Waals surface area (Å²) in [7, 11) is 2.07. The SMILES string of the molecule is CN1C=Cc2c(ccc3nccnc23)C1. The molecule has 0 unspecified atom stereocenters. The number of benzene rings is 1. The molecule has 3 nitrogen and oxygen atoms in total. The highest BCUT2D eigenvalue weighted by Gasteiger charge is 2.11. The molecule has 1 aliphatic heterocycles. The molecule has 0 amide bonds. The van der Waals surface area contributed by atoms with Crippen molar-refractivity contribution in [1.82, 2.24) is 14.9 Å². The Morgan fingerprint density at radius 1 is 1.20 bits per heavy atom. The van der Waals surface area contributed by atoms with Crippen LogP contribution < -0.4 is 0 Å². The summed E-state index contributed by atoms with van der Waals surface area (Å²) in [5, 5.41) is 0. The summed E-state index contributed by atoms with van der Waals surface area (Å²) in [5.74, 6) is 0. The summed E-state index contributed by atoms with van der Waals surface area (Å²) in [5.41, 5.74) is 4.48. The second kappa shape index (κ2) is 3.05. The van der Waals surface area contributed by atoms with E-state index in [1.54, 1.807) is 12.4 Å². The van der Waals surface area contributed by atoms with Crippen LogP contribution in [0.2, 0.25) is 0 Å². The first kappa shape index (κ1) is 8.41. The van der Waals surface area contributed by atoms with Crippen molar-refractivity contribution in [2.75, 3.05) is 7.05 Å². The summed E-state index contributed by atoms with van der Waals surface area (Å²) >= 11 is 0. The number of fused-ring (bicyclic) bond motifs is 3. The Kier molecular flexibility index (Phi) is 1.71. The van der Waals surface area contributed by atoms with Gasteiger partial charge < -0.3 is 4.90 Å². The number of rotatable bonds is 0. The van der Waals surface area contributed by atoms with Crippen molar-refractivity contribution < 1.29 is 0 Å². The molecule has 0 fully saturated rings. The molecule has 0 radical (unpaired) electrons. The second-order valence-corrected chi connectivity index (χ2v) is 3.79. The lowest BCUT2D eigenvalue weighted by molar-refractivity contribution is 0.448. The molecule has 2 aromatic rings. The predicted octanol–water partition coefficient (Wildman–Crippen LogP) is 2.05. The minimum absolute atomic E-state index is 0.943. The average Bonchev–Trinajstić information content (AvgIpc) is 2.28. The molecular weight excluding hydrogens is 186 g/mol. The molecule has 0 atom stereocenters. The van der Waals surface area contributed by atoms with Gasteiger partial charge >= 0.3 is 0 Å². The van der Waals surface area contributed by atoms with Gasteiger partial charge in [0.15, 0.2) is 0 Å². The molecule has 1 aromatic heterocycles. The molecule has 0 bridgehead atoms. The molecular formula is C12H11N3. The van der Waals surface area contributed by atoms with Gasteiger partial charge in [0.05, 0.1) is 11.0 Å². The van der Waals surface area contributed by atoms with Crippen LogP contribution >= 0.6 is 0 Å². The first-order valence-electron chi connectivity index (χ1n) is 4.95. The fourth-order valence-corrected chi connectivity index (χ4v) is 1.95. The van der Waals surface area contributed by atoms with E-state index in [0.717, 1.165) is 17.6 Å². The van der Waals surface area contributed by atoms with E-state index < -0.39 is 0 Å². The molecule has 0 spiro atoms. The summed E-state index contributed by atoms with van der Waals surface area (Å²) in [4.78, 5) is 10.8. The van der Waals surface area contributed by atoms with E-state index in [2.05, 4.69) is 40.3 Å². The van der Waals surface area contributed by atoms with Gasteiger partial charge in [-0.15, -0.1) is 0 Å². The quantitative estimate of drug-likeness (QED) is 0.647. The number of hydrogen-bond donors (Lipinski definition) is 0. The monoisotopic (exact) mass is 197 g/mol. The molecule has 0 saturated heterocycles. The van der Waals surface area contributed by atoms with E-state index in [1.807, 2.05) is 6.07 Å². The van der Waals surface area contributed by atoms with E-state index in [9.17, 15) is 0 Å². The van der Waals surface area contributed by atoms with Crippen LogP contribution in [-0.4, -0.2) is 21.9 Å². The summed E-state index contributed by atoms with van der Waals surface area (Å²) in [6, 6.07) is 4.17. The maximum Gasteiger partial charge on any atom is 0.0962 e. The standard InChI is InChI=1S/C12H11N3/c1-15-7-4-10-9(8-15)2-3-11-12(10)14-6-5-13-11/h2-7H,8H2,1H3. The van der Waals surface area contributed by atoms with E-state index >= 15 is 0 Å². The van der Waals surface area contributed by atoms with Gasteiger partial charge in [-0.2, -0.15) is 0 Å². The maximum absolute atomic E-state index is 4.39. The van der Waals surface area contributed by atoms with Gasteiger partial charge in [0.2, 0.25) is 0 Å². The Morgan fingerprint density at radius 3 is 3.00 bits per heavy atom. The third kappa shape index (κ3) is 1.28. The average molecular weight is 197 g/mol. The number of hydrogen-bond acceptors (Lipinski definition) is 3. The van der Waals surface area contributed by atoms with Crippen LogP contribution in [0.3, 0.4) is 0 Å². The third-order valence-corrected chi connectivity index (χ3v) is 2.69. The fraction of sp³-hybridized carbons (Fsp3) is 0.167. The van der Waals surface area contributed by atoms with Crippen molar-refractivity contribution >= 4 is 17.1 Å². The summed E-state index contributed by atoms with van der Waals surface area (Å²) in [6.07, 6.45) is 7.66. The van der Waals surface area contributed by atoms with Crippen LogP contribution in [0.15, 0.2) is 30.7 Å². The highest BCUT2D eigenvalue weighted by Crippen LogP contribution is 2.24. The lowest BCUT2D eigenvalue weighted by Gasteiger charge is -2.21. The van der Waals surface area contributed by atoms with Crippen molar-refractivity contribution in [1.29, 1.82) is 0 Å². The van der Waals surface area contributed by atoms with Crippen molar-refractivity contribution in [2.24, 2.45) is 0 Å². The van der Waals surface area contributed by atoms with Gasteiger partial charge in [0, 0.05) is 31.5 Å². The molecule has 1 aromatic carbocycles. The van der Waals surface area contributed by atoms with Gasteiger partial charge in [0.1, 0.15) is 0 Å². The molecule has 74 valence electrons. The molecule has 1 aliphatic rings. The van der Waals surface area contributed by atoms with Gasteiger partial charge in [-0.3, -0.25) is 9.97 Å². The Balaban J connectivity index is 2.33. The fourth-order valence-electron chi connectivity index (χ4n) is 1.95. The zero-order chi connectivity index (χ0) is 10.3. The second-order valence-electron chi connectivity index (χ2n) is 3.79. The smallest absolute Gasteiger partial charge is 0.0962 e. The van der Waals surface area contributed by atoms with E-state index in [1.165, 1.54) is 11.1 Å². The van der Waals surface area contributed by atoms with Crippen molar-refractivity contribution in [3.63, 3.8) is 0 Å². The van der Waals surface area contributed by atoms with Crippen molar-refractivity contribution in [3.05, 3.63) is 41.9 Å². The predicted molar refractivity (Wildman–Crippen MR) is 60.0 cm³/mol. The number of aromatic nitrogens is 2. The van der Waals surface area contributed by atoms with Gasteiger partial charge in [-0.1, -0.05) is 6.07 Å². The van der Waals surface area contributed by atoms with Crippen molar-refractivity contribution in [2.45, 2.75) is 6.54 Å². The molecule has 0 N–H and O–H groups in total. The Hall–Kier alpha value is -1.90.